The minimum Gasteiger partial charge on any atom is -0.354 e. The monoisotopic (exact) mass is 251 g/mol. The number of hydrogen-bond acceptors (Lipinski definition) is 6. The first kappa shape index (κ1) is 12.5. The van der Waals surface area contributed by atoms with Gasteiger partial charge in [-0.25, -0.2) is 4.98 Å². The fourth-order valence-electron chi connectivity index (χ4n) is 2.10. The normalized spacial score (nSPS) is 19.0. The molecule has 0 aromatic carbocycles. The SMILES string of the molecule is CCNc1ncc([N+](=O)[O-])c(N2CCC(C)C2)n1. The van der Waals surface area contributed by atoms with Gasteiger partial charge in [0.25, 0.3) is 0 Å². The lowest BCUT2D eigenvalue weighted by atomic mass is 10.2. The van der Waals surface area contributed by atoms with E-state index >= 15 is 0 Å². The second-order valence-corrected chi connectivity index (χ2v) is 4.53. The van der Waals surface area contributed by atoms with Gasteiger partial charge in [-0.1, -0.05) is 6.92 Å². The zero-order valence-electron chi connectivity index (χ0n) is 10.6. The fourth-order valence-corrected chi connectivity index (χ4v) is 2.10. The maximum atomic E-state index is 11.0. The average molecular weight is 251 g/mol. The van der Waals surface area contributed by atoms with Gasteiger partial charge in [0.2, 0.25) is 11.8 Å². The second-order valence-electron chi connectivity index (χ2n) is 4.53. The highest BCUT2D eigenvalue weighted by atomic mass is 16.6. The molecule has 0 amide bonds. The lowest BCUT2D eigenvalue weighted by molar-refractivity contribution is -0.384. The first-order chi connectivity index (χ1) is 8.61. The molecular formula is C11H17N5O2. The van der Waals surface area contributed by atoms with Crippen LogP contribution in [0.5, 0.6) is 0 Å². The molecule has 7 nitrogen and oxygen atoms in total. The summed E-state index contributed by atoms with van der Waals surface area (Å²) < 4.78 is 0. The Labute approximate surface area is 105 Å². The Morgan fingerprint density at radius 1 is 1.67 bits per heavy atom. The zero-order valence-corrected chi connectivity index (χ0v) is 10.6. The minimum absolute atomic E-state index is 0.0225. The van der Waals surface area contributed by atoms with Crippen LogP contribution in [0.15, 0.2) is 6.20 Å². The lowest BCUT2D eigenvalue weighted by Crippen LogP contribution is -2.22. The number of nitrogens with one attached hydrogen (secondary N) is 1. The maximum Gasteiger partial charge on any atom is 0.329 e. The van der Waals surface area contributed by atoms with Crippen LogP contribution in [0.25, 0.3) is 0 Å². The average Bonchev–Trinajstić information content (AvgIpc) is 2.76. The smallest absolute Gasteiger partial charge is 0.329 e. The van der Waals surface area contributed by atoms with Crippen molar-refractivity contribution in [3.63, 3.8) is 0 Å². The van der Waals surface area contributed by atoms with Crippen LogP contribution in [0, 0.1) is 16.0 Å². The minimum atomic E-state index is -0.423. The molecule has 1 saturated heterocycles. The van der Waals surface area contributed by atoms with Crippen molar-refractivity contribution < 1.29 is 4.92 Å². The van der Waals surface area contributed by atoms with Crippen molar-refractivity contribution in [3.8, 4) is 0 Å². The summed E-state index contributed by atoms with van der Waals surface area (Å²) in [7, 11) is 0. The van der Waals surface area contributed by atoms with Crippen molar-refractivity contribution in [2.24, 2.45) is 5.92 Å². The van der Waals surface area contributed by atoms with Crippen LogP contribution >= 0.6 is 0 Å². The number of nitro groups is 1. The Balaban J connectivity index is 2.34. The molecule has 1 atom stereocenters. The van der Waals surface area contributed by atoms with Crippen LogP contribution < -0.4 is 10.2 Å². The number of hydrogen-bond donors (Lipinski definition) is 1. The highest BCUT2D eigenvalue weighted by Crippen LogP contribution is 2.30. The third-order valence-electron chi connectivity index (χ3n) is 3.01. The summed E-state index contributed by atoms with van der Waals surface area (Å²) in [5.74, 6) is 1.41. The van der Waals surface area contributed by atoms with E-state index in [1.807, 2.05) is 11.8 Å². The standard InChI is InChI=1S/C11H17N5O2/c1-3-12-11-13-6-9(16(17)18)10(14-11)15-5-4-8(2)7-15/h6,8H,3-5,7H2,1-2H3,(H,12,13,14). The predicted octanol–water partition coefficient (Wildman–Crippen LogP) is 1.66. The molecule has 1 aliphatic heterocycles. The second kappa shape index (κ2) is 5.16. The van der Waals surface area contributed by atoms with Gasteiger partial charge < -0.3 is 10.2 Å². The Morgan fingerprint density at radius 3 is 3.00 bits per heavy atom. The van der Waals surface area contributed by atoms with Crippen molar-refractivity contribution in [2.75, 3.05) is 29.9 Å². The summed E-state index contributed by atoms with van der Waals surface area (Å²) in [5.41, 5.74) is -0.0225. The molecular weight excluding hydrogens is 234 g/mol. The van der Waals surface area contributed by atoms with E-state index in [4.69, 9.17) is 0 Å². The molecule has 0 saturated carbocycles. The fraction of sp³-hybridized carbons (Fsp3) is 0.636. The van der Waals surface area contributed by atoms with Crippen LogP contribution in [0.1, 0.15) is 20.3 Å². The van der Waals surface area contributed by atoms with E-state index in [-0.39, 0.29) is 5.69 Å². The molecule has 0 aliphatic carbocycles. The molecule has 1 aliphatic rings. The Kier molecular flexibility index (Phi) is 3.59. The van der Waals surface area contributed by atoms with Gasteiger partial charge in [0.1, 0.15) is 6.20 Å². The van der Waals surface area contributed by atoms with Crippen LogP contribution in [-0.4, -0.2) is 34.5 Å². The summed E-state index contributed by atoms with van der Waals surface area (Å²) >= 11 is 0. The molecule has 0 radical (unpaired) electrons. The summed E-state index contributed by atoms with van der Waals surface area (Å²) in [4.78, 5) is 20.8. The Hall–Kier alpha value is -1.92. The summed E-state index contributed by atoms with van der Waals surface area (Å²) in [6.45, 7) is 6.38. The Bertz CT molecular complexity index is 451. The van der Waals surface area contributed by atoms with Gasteiger partial charge in [-0.2, -0.15) is 4.98 Å². The number of anilines is 2. The zero-order chi connectivity index (χ0) is 13.1. The van der Waals surface area contributed by atoms with E-state index in [0.29, 0.717) is 24.2 Å². The maximum absolute atomic E-state index is 11.0. The van der Waals surface area contributed by atoms with Crippen LogP contribution in [-0.2, 0) is 0 Å². The van der Waals surface area contributed by atoms with Crippen LogP contribution in [0.4, 0.5) is 17.5 Å². The molecule has 0 spiro atoms. The van der Waals surface area contributed by atoms with Crippen molar-refractivity contribution in [2.45, 2.75) is 20.3 Å². The van der Waals surface area contributed by atoms with Gasteiger partial charge in [-0.3, -0.25) is 10.1 Å². The van der Waals surface area contributed by atoms with Gasteiger partial charge >= 0.3 is 5.69 Å². The molecule has 1 fully saturated rings. The van der Waals surface area contributed by atoms with Crippen molar-refractivity contribution >= 4 is 17.5 Å². The molecule has 7 heteroatoms. The highest BCUT2D eigenvalue weighted by Gasteiger charge is 2.27. The molecule has 1 unspecified atom stereocenters. The van der Waals surface area contributed by atoms with Crippen molar-refractivity contribution in [3.05, 3.63) is 16.3 Å². The molecule has 2 heterocycles. The Morgan fingerprint density at radius 2 is 2.44 bits per heavy atom. The molecule has 1 N–H and O–H groups in total. The van der Waals surface area contributed by atoms with E-state index < -0.39 is 4.92 Å². The van der Waals surface area contributed by atoms with Crippen molar-refractivity contribution in [1.82, 2.24) is 9.97 Å². The van der Waals surface area contributed by atoms with Gasteiger partial charge in [0, 0.05) is 19.6 Å². The summed E-state index contributed by atoms with van der Waals surface area (Å²) in [5, 5.41) is 14.0. The largest absolute Gasteiger partial charge is 0.354 e. The summed E-state index contributed by atoms with van der Waals surface area (Å²) in [6.07, 6.45) is 2.32. The van der Waals surface area contributed by atoms with E-state index in [1.165, 1.54) is 6.20 Å². The quantitative estimate of drug-likeness (QED) is 0.647. The number of nitrogens with zero attached hydrogens (tertiary/aromatic N) is 4. The van der Waals surface area contributed by atoms with Gasteiger partial charge in [-0.05, 0) is 19.3 Å². The summed E-state index contributed by atoms with van der Waals surface area (Å²) in [6, 6.07) is 0. The number of rotatable bonds is 4. The van der Waals surface area contributed by atoms with Crippen LogP contribution in [0.2, 0.25) is 0 Å². The van der Waals surface area contributed by atoms with E-state index in [9.17, 15) is 10.1 Å². The lowest BCUT2D eigenvalue weighted by Gasteiger charge is -2.17. The molecule has 1 aromatic heterocycles. The van der Waals surface area contributed by atoms with Crippen LogP contribution in [0.3, 0.4) is 0 Å². The molecule has 18 heavy (non-hydrogen) atoms. The topological polar surface area (TPSA) is 84.2 Å². The third kappa shape index (κ3) is 2.49. The highest BCUT2D eigenvalue weighted by molar-refractivity contribution is 5.59. The van der Waals surface area contributed by atoms with E-state index in [0.717, 1.165) is 19.5 Å². The van der Waals surface area contributed by atoms with Gasteiger partial charge in [0.05, 0.1) is 4.92 Å². The molecule has 98 valence electrons. The predicted molar refractivity (Wildman–Crippen MR) is 68.8 cm³/mol. The van der Waals surface area contributed by atoms with Gasteiger partial charge in [-0.15, -0.1) is 0 Å². The van der Waals surface area contributed by atoms with Crippen molar-refractivity contribution in [1.29, 1.82) is 0 Å². The first-order valence-corrected chi connectivity index (χ1v) is 6.12. The first-order valence-electron chi connectivity index (χ1n) is 6.12. The van der Waals surface area contributed by atoms with E-state index in [1.54, 1.807) is 0 Å². The third-order valence-corrected chi connectivity index (χ3v) is 3.01. The molecule has 0 bridgehead atoms. The number of aromatic nitrogens is 2. The molecule has 2 rings (SSSR count). The van der Waals surface area contributed by atoms with Gasteiger partial charge in [0.15, 0.2) is 0 Å². The van der Waals surface area contributed by atoms with E-state index in [2.05, 4.69) is 22.2 Å². The molecule has 1 aromatic rings.